The Kier molecular flexibility index (Phi) is 7.25. The first-order valence-electron chi connectivity index (χ1n) is 7.09. The normalized spacial score (nSPS) is 33.3. The molecule has 2 unspecified atom stereocenters. The van der Waals surface area contributed by atoms with Crippen molar-refractivity contribution in [3.05, 3.63) is 0 Å². The van der Waals surface area contributed by atoms with Gasteiger partial charge in [-0.25, -0.2) is 0 Å². The van der Waals surface area contributed by atoms with Crippen molar-refractivity contribution in [2.24, 2.45) is 5.92 Å². The molecule has 18 heavy (non-hydrogen) atoms. The van der Waals surface area contributed by atoms with Gasteiger partial charge in [0.05, 0.1) is 0 Å². The lowest BCUT2D eigenvalue weighted by Crippen LogP contribution is -2.40. The smallest absolute Gasteiger partial charge is 0.0198 e. The molecular weight excluding hydrogens is 269 g/mol. The van der Waals surface area contributed by atoms with E-state index in [2.05, 4.69) is 15.5 Å². The van der Waals surface area contributed by atoms with Crippen molar-refractivity contribution in [2.75, 3.05) is 32.7 Å². The average Bonchev–Trinajstić information content (AvgIpc) is 2.64. The monoisotopic (exact) mass is 295 g/mol. The van der Waals surface area contributed by atoms with Gasteiger partial charge in [0, 0.05) is 25.2 Å². The van der Waals surface area contributed by atoms with E-state index in [9.17, 15) is 0 Å². The molecule has 0 amide bonds. The molecule has 3 fully saturated rings. The van der Waals surface area contributed by atoms with Crippen molar-refractivity contribution in [3.8, 4) is 0 Å². The zero-order chi connectivity index (χ0) is 10.8. The second-order valence-electron chi connectivity index (χ2n) is 5.88. The van der Waals surface area contributed by atoms with E-state index in [1.165, 1.54) is 64.8 Å². The van der Waals surface area contributed by atoms with Crippen molar-refractivity contribution >= 4 is 24.8 Å². The molecule has 0 radical (unpaired) electrons. The molecule has 0 aromatic carbocycles. The van der Waals surface area contributed by atoms with E-state index in [4.69, 9.17) is 0 Å². The van der Waals surface area contributed by atoms with Crippen LogP contribution in [0.3, 0.4) is 0 Å². The Morgan fingerprint density at radius 1 is 0.889 bits per heavy atom. The first kappa shape index (κ1) is 16.5. The van der Waals surface area contributed by atoms with Crippen LogP contribution in [0.15, 0.2) is 0 Å². The minimum atomic E-state index is 0. The predicted octanol–water partition coefficient (Wildman–Crippen LogP) is 1.66. The summed E-state index contributed by atoms with van der Waals surface area (Å²) in [5.74, 6) is 0.956. The highest BCUT2D eigenvalue weighted by Crippen LogP contribution is 2.22. The maximum Gasteiger partial charge on any atom is 0.0198 e. The van der Waals surface area contributed by atoms with E-state index in [1.807, 2.05) is 0 Å². The van der Waals surface area contributed by atoms with Crippen LogP contribution in [0.2, 0.25) is 0 Å². The number of hydrogen-bond donors (Lipinski definition) is 2. The van der Waals surface area contributed by atoms with Crippen LogP contribution in [0.1, 0.15) is 32.1 Å². The molecule has 5 heteroatoms. The highest BCUT2D eigenvalue weighted by atomic mass is 35.5. The van der Waals surface area contributed by atoms with Crippen LogP contribution in [-0.2, 0) is 0 Å². The summed E-state index contributed by atoms with van der Waals surface area (Å²) < 4.78 is 0. The average molecular weight is 296 g/mol. The van der Waals surface area contributed by atoms with Crippen molar-refractivity contribution in [1.29, 1.82) is 0 Å². The summed E-state index contributed by atoms with van der Waals surface area (Å²) in [6.07, 6.45) is 6.98. The summed E-state index contributed by atoms with van der Waals surface area (Å²) in [7, 11) is 0. The van der Waals surface area contributed by atoms with Gasteiger partial charge in [-0.15, -0.1) is 24.8 Å². The lowest BCUT2D eigenvalue weighted by Gasteiger charge is -2.30. The third kappa shape index (κ3) is 4.24. The number of nitrogens with zero attached hydrogens (tertiary/aromatic N) is 1. The van der Waals surface area contributed by atoms with Gasteiger partial charge in [-0.05, 0) is 57.7 Å². The minimum absolute atomic E-state index is 0. The van der Waals surface area contributed by atoms with Gasteiger partial charge < -0.3 is 15.5 Å². The lowest BCUT2D eigenvalue weighted by molar-refractivity contribution is 0.197. The van der Waals surface area contributed by atoms with Gasteiger partial charge in [-0.2, -0.15) is 0 Å². The maximum absolute atomic E-state index is 3.77. The van der Waals surface area contributed by atoms with Crippen LogP contribution in [0.25, 0.3) is 0 Å². The molecule has 0 saturated carbocycles. The van der Waals surface area contributed by atoms with Gasteiger partial charge in [0.2, 0.25) is 0 Å². The van der Waals surface area contributed by atoms with E-state index in [-0.39, 0.29) is 24.8 Å². The predicted molar refractivity (Wildman–Crippen MR) is 81.1 cm³/mol. The first-order valence-corrected chi connectivity index (χ1v) is 7.09. The summed E-state index contributed by atoms with van der Waals surface area (Å²) in [4.78, 5) is 2.73. The minimum Gasteiger partial charge on any atom is -0.317 e. The fourth-order valence-electron chi connectivity index (χ4n) is 3.61. The van der Waals surface area contributed by atoms with Gasteiger partial charge in [0.25, 0.3) is 0 Å². The second kappa shape index (κ2) is 7.91. The molecule has 3 heterocycles. The summed E-state index contributed by atoms with van der Waals surface area (Å²) in [6, 6.07) is 1.64. The Morgan fingerprint density at radius 2 is 1.61 bits per heavy atom. The summed E-state index contributed by atoms with van der Waals surface area (Å²) in [6.45, 7) is 6.47. The summed E-state index contributed by atoms with van der Waals surface area (Å²) in [5, 5.41) is 7.23. The molecule has 3 rings (SSSR count). The fourth-order valence-corrected chi connectivity index (χ4v) is 3.61. The van der Waals surface area contributed by atoms with Gasteiger partial charge >= 0.3 is 0 Å². The van der Waals surface area contributed by atoms with E-state index in [0.717, 1.165) is 18.0 Å². The summed E-state index contributed by atoms with van der Waals surface area (Å²) >= 11 is 0. The molecule has 108 valence electrons. The number of piperidine rings is 1. The van der Waals surface area contributed by atoms with Crippen molar-refractivity contribution < 1.29 is 0 Å². The molecule has 0 aromatic rings. The van der Waals surface area contributed by atoms with Gasteiger partial charge in [0.1, 0.15) is 0 Å². The molecular formula is C13H27Cl2N3. The first-order chi connectivity index (χ1) is 7.90. The van der Waals surface area contributed by atoms with Gasteiger partial charge in [0.15, 0.2) is 0 Å². The summed E-state index contributed by atoms with van der Waals surface area (Å²) in [5.41, 5.74) is 0. The Hall–Kier alpha value is 0.460. The van der Waals surface area contributed by atoms with Crippen LogP contribution in [-0.4, -0.2) is 49.7 Å². The number of rotatable bonds is 2. The lowest BCUT2D eigenvalue weighted by atomic mass is 9.97. The quantitative estimate of drug-likeness (QED) is 0.811. The van der Waals surface area contributed by atoms with Crippen molar-refractivity contribution in [1.82, 2.24) is 15.5 Å². The van der Waals surface area contributed by atoms with Crippen LogP contribution >= 0.6 is 24.8 Å². The van der Waals surface area contributed by atoms with Crippen LogP contribution in [0, 0.1) is 5.92 Å². The number of halogens is 2. The molecule has 2 bridgehead atoms. The van der Waals surface area contributed by atoms with Gasteiger partial charge in [-0.1, -0.05) is 0 Å². The third-order valence-corrected chi connectivity index (χ3v) is 4.58. The molecule has 2 atom stereocenters. The SMILES string of the molecule is C1CC(CN2CCC3CCC(C2)N3)CCN1.Cl.Cl. The molecule has 0 aromatic heterocycles. The van der Waals surface area contributed by atoms with E-state index < -0.39 is 0 Å². The standard InChI is InChI=1S/C13H25N3.2ClH/c1-2-13-10-16(8-5-12(1)15-13)9-11-3-6-14-7-4-11;;/h11-15H,1-10H2;2*1H. The number of nitrogens with one attached hydrogen (secondary N) is 2. The topological polar surface area (TPSA) is 27.3 Å². The highest BCUT2D eigenvalue weighted by molar-refractivity contribution is 5.85. The fraction of sp³-hybridized carbons (Fsp3) is 1.00. The van der Waals surface area contributed by atoms with E-state index in [0.29, 0.717) is 0 Å². The Labute approximate surface area is 123 Å². The largest absolute Gasteiger partial charge is 0.317 e. The third-order valence-electron chi connectivity index (χ3n) is 4.58. The van der Waals surface area contributed by atoms with Crippen molar-refractivity contribution in [3.63, 3.8) is 0 Å². The molecule has 3 saturated heterocycles. The Bertz CT molecular complexity index is 234. The zero-order valence-corrected chi connectivity index (χ0v) is 12.7. The van der Waals surface area contributed by atoms with E-state index in [1.54, 1.807) is 0 Å². The maximum atomic E-state index is 3.77. The van der Waals surface area contributed by atoms with Crippen LogP contribution in [0.5, 0.6) is 0 Å². The van der Waals surface area contributed by atoms with Crippen LogP contribution < -0.4 is 10.6 Å². The molecule has 3 aliphatic heterocycles. The second-order valence-corrected chi connectivity index (χ2v) is 5.88. The molecule has 0 aliphatic carbocycles. The van der Waals surface area contributed by atoms with Crippen LogP contribution in [0.4, 0.5) is 0 Å². The Morgan fingerprint density at radius 3 is 2.39 bits per heavy atom. The number of likely N-dealkylation sites (tertiary alicyclic amines) is 1. The number of fused-ring (bicyclic) bond motifs is 2. The zero-order valence-electron chi connectivity index (χ0n) is 11.1. The van der Waals surface area contributed by atoms with Crippen molar-refractivity contribution in [2.45, 2.75) is 44.2 Å². The Balaban J connectivity index is 0.000000810. The number of hydrogen-bond acceptors (Lipinski definition) is 3. The molecule has 3 aliphatic rings. The highest BCUT2D eigenvalue weighted by Gasteiger charge is 2.30. The van der Waals surface area contributed by atoms with E-state index >= 15 is 0 Å². The van der Waals surface area contributed by atoms with Gasteiger partial charge in [-0.3, -0.25) is 0 Å². The molecule has 0 spiro atoms. The molecule has 3 nitrogen and oxygen atoms in total. The molecule has 2 N–H and O–H groups in total.